The number of hydrogen-bond donors (Lipinski definition) is 2. The molecule has 0 saturated heterocycles. The van der Waals surface area contributed by atoms with Gasteiger partial charge in [0.05, 0.1) is 7.11 Å². The summed E-state index contributed by atoms with van der Waals surface area (Å²) in [4.78, 5) is 23.5. The van der Waals surface area contributed by atoms with Crippen molar-refractivity contribution in [2.45, 2.75) is 38.5 Å². The zero-order valence-electron chi connectivity index (χ0n) is 12.6. The van der Waals surface area contributed by atoms with Gasteiger partial charge in [-0.15, -0.1) is 0 Å². The predicted molar refractivity (Wildman–Crippen MR) is 76.6 cm³/mol. The summed E-state index contributed by atoms with van der Waals surface area (Å²) in [6, 6.07) is 7.28. The van der Waals surface area contributed by atoms with E-state index < -0.39 is 29.8 Å². The minimum Gasteiger partial charge on any atom is -0.467 e. The highest BCUT2D eigenvalue weighted by atomic mass is 16.6. The third kappa shape index (κ3) is 5.43. The molecule has 6 heteroatoms. The van der Waals surface area contributed by atoms with Crippen molar-refractivity contribution >= 4 is 12.1 Å². The lowest BCUT2D eigenvalue weighted by Crippen LogP contribution is -2.47. The molecule has 0 unspecified atom stereocenters. The average Bonchev–Trinajstić information content (AvgIpc) is 2.42. The summed E-state index contributed by atoms with van der Waals surface area (Å²) >= 11 is 0. The predicted octanol–water partition coefficient (Wildman–Crippen LogP) is 1.79. The largest absolute Gasteiger partial charge is 0.467 e. The Hall–Kier alpha value is -2.08. The van der Waals surface area contributed by atoms with Crippen LogP contribution in [-0.4, -0.2) is 35.9 Å². The number of nitrogens with one attached hydrogen (secondary N) is 1. The van der Waals surface area contributed by atoms with Crippen molar-refractivity contribution in [3.8, 4) is 0 Å². The standard InChI is InChI=1S/C15H21NO5/c1-15(2,3)21-14(19)16-11(13(18)20-4)12(17)10-8-6-5-7-9-10/h5-9,11-12,17H,1-4H3,(H,16,19)/t11-,12+/m0/s1. The zero-order valence-corrected chi connectivity index (χ0v) is 12.6. The lowest BCUT2D eigenvalue weighted by Gasteiger charge is -2.25. The van der Waals surface area contributed by atoms with Crippen LogP contribution in [0.2, 0.25) is 0 Å². The van der Waals surface area contributed by atoms with Gasteiger partial charge in [0.2, 0.25) is 0 Å². The van der Waals surface area contributed by atoms with E-state index in [1.54, 1.807) is 51.1 Å². The van der Waals surface area contributed by atoms with Crippen LogP contribution in [0, 0.1) is 0 Å². The van der Waals surface area contributed by atoms with Gasteiger partial charge in [-0.05, 0) is 26.3 Å². The molecule has 21 heavy (non-hydrogen) atoms. The Morgan fingerprint density at radius 1 is 1.19 bits per heavy atom. The van der Waals surface area contributed by atoms with Crippen molar-refractivity contribution in [3.63, 3.8) is 0 Å². The molecule has 2 N–H and O–H groups in total. The number of methoxy groups -OCH3 is 1. The first kappa shape index (κ1) is 17.0. The van der Waals surface area contributed by atoms with Crippen LogP contribution >= 0.6 is 0 Å². The molecule has 0 radical (unpaired) electrons. The Kier molecular flexibility index (Phi) is 5.72. The summed E-state index contributed by atoms with van der Waals surface area (Å²) in [5.74, 6) is -0.753. The molecule has 0 saturated carbocycles. The number of amides is 1. The fourth-order valence-corrected chi connectivity index (χ4v) is 1.67. The molecule has 0 bridgehead atoms. The summed E-state index contributed by atoms with van der Waals surface area (Å²) in [5, 5.41) is 12.6. The summed E-state index contributed by atoms with van der Waals surface area (Å²) in [7, 11) is 1.18. The molecule has 116 valence electrons. The van der Waals surface area contributed by atoms with Crippen molar-refractivity contribution in [3.05, 3.63) is 35.9 Å². The van der Waals surface area contributed by atoms with Crippen molar-refractivity contribution in [1.29, 1.82) is 0 Å². The number of alkyl carbamates (subject to hydrolysis) is 1. The molecule has 0 heterocycles. The first-order chi connectivity index (χ1) is 9.74. The van der Waals surface area contributed by atoms with Crippen LogP contribution in [0.15, 0.2) is 30.3 Å². The maximum atomic E-state index is 11.8. The molecule has 0 spiro atoms. The molecule has 0 aliphatic carbocycles. The summed E-state index contributed by atoms with van der Waals surface area (Å²) in [6.45, 7) is 5.11. The number of carbonyl (C=O) groups excluding carboxylic acids is 2. The van der Waals surface area contributed by atoms with Crippen molar-refractivity contribution in [2.75, 3.05) is 7.11 Å². The van der Waals surface area contributed by atoms with E-state index in [2.05, 4.69) is 10.1 Å². The molecular formula is C15H21NO5. The number of ether oxygens (including phenoxy) is 2. The molecule has 0 fully saturated rings. The normalized spacial score (nSPS) is 14.0. The quantitative estimate of drug-likeness (QED) is 0.827. The minimum absolute atomic E-state index is 0.490. The summed E-state index contributed by atoms with van der Waals surface area (Å²) in [6.07, 6.45) is -2.03. The third-order valence-electron chi connectivity index (χ3n) is 2.58. The van der Waals surface area contributed by atoms with E-state index in [4.69, 9.17) is 4.74 Å². The molecule has 1 rings (SSSR count). The van der Waals surface area contributed by atoms with Gasteiger partial charge < -0.3 is 19.9 Å². The Labute approximate surface area is 124 Å². The zero-order chi connectivity index (χ0) is 16.0. The SMILES string of the molecule is COC(=O)[C@@H](NC(=O)OC(C)(C)C)[C@H](O)c1ccccc1. The van der Waals surface area contributed by atoms with Crippen LogP contribution < -0.4 is 5.32 Å². The van der Waals surface area contributed by atoms with E-state index in [0.717, 1.165) is 0 Å². The van der Waals surface area contributed by atoms with Crippen LogP contribution in [0.4, 0.5) is 4.79 Å². The summed E-state index contributed by atoms with van der Waals surface area (Å²) in [5.41, 5.74) is -0.216. The van der Waals surface area contributed by atoms with E-state index in [-0.39, 0.29) is 0 Å². The molecule has 1 amide bonds. The number of rotatable bonds is 4. The van der Waals surface area contributed by atoms with Gasteiger partial charge in [0.1, 0.15) is 11.7 Å². The third-order valence-corrected chi connectivity index (χ3v) is 2.58. The number of carbonyl (C=O) groups is 2. The van der Waals surface area contributed by atoms with E-state index in [0.29, 0.717) is 5.56 Å². The first-order valence-corrected chi connectivity index (χ1v) is 6.55. The average molecular weight is 295 g/mol. The van der Waals surface area contributed by atoms with Gasteiger partial charge in [0.25, 0.3) is 0 Å². The second kappa shape index (κ2) is 7.08. The van der Waals surface area contributed by atoms with Crippen molar-refractivity contribution in [2.24, 2.45) is 0 Å². The fourth-order valence-electron chi connectivity index (χ4n) is 1.67. The van der Waals surface area contributed by atoms with Crippen LogP contribution in [0.3, 0.4) is 0 Å². The Morgan fingerprint density at radius 2 is 1.76 bits per heavy atom. The van der Waals surface area contributed by atoms with E-state index in [9.17, 15) is 14.7 Å². The molecule has 0 aromatic heterocycles. The maximum absolute atomic E-state index is 11.8. The topological polar surface area (TPSA) is 84.9 Å². The summed E-state index contributed by atoms with van der Waals surface area (Å²) < 4.78 is 9.70. The smallest absolute Gasteiger partial charge is 0.408 e. The number of hydrogen-bond acceptors (Lipinski definition) is 5. The number of aliphatic hydroxyl groups is 1. The molecule has 1 aromatic rings. The van der Waals surface area contributed by atoms with Crippen LogP contribution in [0.5, 0.6) is 0 Å². The highest BCUT2D eigenvalue weighted by molar-refractivity contribution is 5.82. The van der Waals surface area contributed by atoms with Crippen molar-refractivity contribution < 1.29 is 24.2 Å². The van der Waals surface area contributed by atoms with Crippen molar-refractivity contribution in [1.82, 2.24) is 5.32 Å². The fraction of sp³-hybridized carbons (Fsp3) is 0.467. The van der Waals surface area contributed by atoms with Gasteiger partial charge in [-0.1, -0.05) is 30.3 Å². The monoisotopic (exact) mass is 295 g/mol. The molecule has 0 aliphatic heterocycles. The van der Waals surface area contributed by atoms with Crippen LogP contribution in [0.1, 0.15) is 32.4 Å². The second-order valence-electron chi connectivity index (χ2n) is 5.50. The van der Waals surface area contributed by atoms with Gasteiger partial charge in [-0.3, -0.25) is 0 Å². The van der Waals surface area contributed by atoms with Gasteiger partial charge >= 0.3 is 12.1 Å². The molecule has 6 nitrogen and oxygen atoms in total. The van der Waals surface area contributed by atoms with Gasteiger partial charge in [0.15, 0.2) is 6.04 Å². The van der Waals surface area contributed by atoms with E-state index >= 15 is 0 Å². The Balaban J connectivity index is 2.86. The van der Waals surface area contributed by atoms with Gasteiger partial charge in [-0.2, -0.15) is 0 Å². The van der Waals surface area contributed by atoms with E-state index in [1.165, 1.54) is 7.11 Å². The lowest BCUT2D eigenvalue weighted by atomic mass is 10.0. The lowest BCUT2D eigenvalue weighted by molar-refractivity contribution is -0.146. The van der Waals surface area contributed by atoms with Gasteiger partial charge in [-0.25, -0.2) is 9.59 Å². The number of esters is 1. The highest BCUT2D eigenvalue weighted by Gasteiger charge is 2.32. The molecule has 0 aliphatic rings. The Bertz CT molecular complexity index is 481. The maximum Gasteiger partial charge on any atom is 0.408 e. The minimum atomic E-state index is -1.24. The highest BCUT2D eigenvalue weighted by Crippen LogP contribution is 2.18. The number of aliphatic hydroxyl groups excluding tert-OH is 1. The first-order valence-electron chi connectivity index (χ1n) is 6.55. The van der Waals surface area contributed by atoms with Crippen LogP contribution in [0.25, 0.3) is 0 Å². The molecular weight excluding hydrogens is 274 g/mol. The molecule has 1 aromatic carbocycles. The van der Waals surface area contributed by atoms with E-state index in [1.807, 2.05) is 0 Å². The van der Waals surface area contributed by atoms with Gasteiger partial charge in [0, 0.05) is 0 Å². The molecule has 2 atom stereocenters. The Morgan fingerprint density at radius 3 is 2.24 bits per heavy atom. The second-order valence-corrected chi connectivity index (χ2v) is 5.50. The number of benzene rings is 1. The van der Waals surface area contributed by atoms with Crippen LogP contribution in [-0.2, 0) is 14.3 Å².